The van der Waals surface area contributed by atoms with E-state index in [-0.39, 0.29) is 17.2 Å². The van der Waals surface area contributed by atoms with Gasteiger partial charge in [0.25, 0.3) is 10.0 Å². The van der Waals surface area contributed by atoms with Crippen LogP contribution in [0.25, 0.3) is 0 Å². The number of hydrogen-bond acceptors (Lipinski definition) is 3. The Morgan fingerprint density at radius 1 is 0.867 bits per heavy atom. The maximum atomic E-state index is 12.6. The number of halogens is 1. The van der Waals surface area contributed by atoms with Crippen LogP contribution in [0.1, 0.15) is 22.3 Å². The van der Waals surface area contributed by atoms with Crippen LogP contribution in [0.15, 0.2) is 65.6 Å². The van der Waals surface area contributed by atoms with Gasteiger partial charge in [0.2, 0.25) is 5.91 Å². The van der Waals surface area contributed by atoms with Crippen LogP contribution in [0, 0.1) is 20.8 Å². The van der Waals surface area contributed by atoms with Crippen molar-refractivity contribution in [1.82, 2.24) is 0 Å². The number of aryl methyl sites for hydroxylation is 3. The van der Waals surface area contributed by atoms with Crippen LogP contribution in [0.4, 0.5) is 11.4 Å². The molecule has 1 amide bonds. The number of hydrogen-bond donors (Lipinski definition) is 2. The van der Waals surface area contributed by atoms with E-state index in [1.54, 1.807) is 30.3 Å². The average Bonchev–Trinajstić information content (AvgIpc) is 2.68. The van der Waals surface area contributed by atoms with Gasteiger partial charge in [0.15, 0.2) is 0 Å². The highest BCUT2D eigenvalue weighted by Crippen LogP contribution is 2.23. The van der Waals surface area contributed by atoms with Crippen molar-refractivity contribution in [2.45, 2.75) is 32.1 Å². The Morgan fingerprint density at radius 2 is 1.50 bits per heavy atom. The molecule has 0 saturated heterocycles. The van der Waals surface area contributed by atoms with Crippen LogP contribution in [0.3, 0.4) is 0 Å². The Hall–Kier alpha value is -2.83. The van der Waals surface area contributed by atoms with E-state index in [0.29, 0.717) is 16.4 Å². The predicted octanol–water partition coefficient (Wildman–Crippen LogP) is 5.25. The van der Waals surface area contributed by atoms with E-state index >= 15 is 0 Å². The number of sulfonamides is 1. The molecular weight excluding hydrogens is 420 g/mol. The Balaban J connectivity index is 1.68. The lowest BCUT2D eigenvalue weighted by Crippen LogP contribution is -2.16. The first kappa shape index (κ1) is 21.9. The van der Waals surface area contributed by atoms with Crippen LogP contribution in [-0.4, -0.2) is 14.3 Å². The minimum Gasteiger partial charge on any atom is -0.326 e. The van der Waals surface area contributed by atoms with E-state index in [9.17, 15) is 13.2 Å². The van der Waals surface area contributed by atoms with Crippen LogP contribution >= 0.6 is 11.6 Å². The maximum absolute atomic E-state index is 12.6. The highest BCUT2D eigenvalue weighted by atomic mass is 35.5. The molecule has 0 saturated carbocycles. The number of benzene rings is 3. The number of nitrogens with one attached hydrogen (secondary N) is 2. The van der Waals surface area contributed by atoms with E-state index in [0.717, 1.165) is 22.3 Å². The molecule has 2 N–H and O–H groups in total. The maximum Gasteiger partial charge on any atom is 0.261 e. The third-order valence-electron chi connectivity index (χ3n) is 4.73. The van der Waals surface area contributed by atoms with Crippen LogP contribution in [-0.2, 0) is 21.2 Å². The molecule has 0 fully saturated rings. The molecule has 30 heavy (non-hydrogen) atoms. The summed E-state index contributed by atoms with van der Waals surface area (Å²) in [5.74, 6) is -0.160. The first-order valence-electron chi connectivity index (χ1n) is 9.39. The first-order valence-corrected chi connectivity index (χ1v) is 11.3. The minimum absolute atomic E-state index is 0.0896. The molecule has 0 radical (unpaired) electrons. The number of carbonyl (C=O) groups is 1. The number of rotatable bonds is 6. The van der Waals surface area contributed by atoms with Crippen molar-refractivity contribution in [1.29, 1.82) is 0 Å². The molecule has 3 aromatic carbocycles. The van der Waals surface area contributed by atoms with Gasteiger partial charge in [-0.2, -0.15) is 0 Å². The summed E-state index contributed by atoms with van der Waals surface area (Å²) in [4.78, 5) is 12.5. The Labute approximate surface area is 182 Å². The fourth-order valence-corrected chi connectivity index (χ4v) is 4.19. The number of amides is 1. The lowest BCUT2D eigenvalue weighted by atomic mass is 10.0. The predicted molar refractivity (Wildman–Crippen MR) is 122 cm³/mol. The van der Waals surface area contributed by atoms with Gasteiger partial charge in [-0.25, -0.2) is 8.42 Å². The third kappa shape index (κ3) is 5.40. The summed E-state index contributed by atoms with van der Waals surface area (Å²) in [7, 11) is -3.77. The first-order chi connectivity index (χ1) is 14.1. The molecule has 0 spiro atoms. The molecule has 0 heterocycles. The summed E-state index contributed by atoms with van der Waals surface area (Å²) < 4.78 is 27.7. The van der Waals surface area contributed by atoms with Gasteiger partial charge in [-0.1, -0.05) is 41.4 Å². The Kier molecular flexibility index (Phi) is 6.48. The quantitative estimate of drug-likeness (QED) is 0.547. The van der Waals surface area contributed by atoms with Gasteiger partial charge < -0.3 is 5.32 Å². The van der Waals surface area contributed by atoms with Gasteiger partial charge in [-0.3, -0.25) is 9.52 Å². The molecule has 0 aliphatic carbocycles. The average molecular weight is 443 g/mol. The largest absolute Gasteiger partial charge is 0.326 e. The molecule has 0 bridgehead atoms. The molecule has 3 aromatic rings. The SMILES string of the molecule is Cc1ccc(C)c(CC(=O)Nc2ccc(S(=O)(=O)Nc3ccc(C)c(Cl)c3)cc2)c1. The number of anilines is 2. The zero-order valence-corrected chi connectivity index (χ0v) is 18.6. The topological polar surface area (TPSA) is 75.3 Å². The minimum atomic E-state index is -3.77. The molecule has 0 aliphatic rings. The van der Waals surface area contributed by atoms with Crippen molar-refractivity contribution < 1.29 is 13.2 Å². The molecule has 0 unspecified atom stereocenters. The zero-order chi connectivity index (χ0) is 21.9. The molecule has 7 heteroatoms. The van der Waals surface area contributed by atoms with Crippen molar-refractivity contribution in [3.05, 3.63) is 87.9 Å². The second-order valence-electron chi connectivity index (χ2n) is 7.25. The summed E-state index contributed by atoms with van der Waals surface area (Å²) in [5, 5.41) is 3.29. The summed E-state index contributed by atoms with van der Waals surface area (Å²) in [6.45, 7) is 5.79. The van der Waals surface area contributed by atoms with E-state index in [1.165, 1.54) is 12.1 Å². The van der Waals surface area contributed by atoms with Gasteiger partial charge in [0.05, 0.1) is 17.0 Å². The van der Waals surface area contributed by atoms with Crippen molar-refractivity contribution in [2.24, 2.45) is 0 Å². The number of carbonyl (C=O) groups excluding carboxylic acids is 1. The lowest BCUT2D eigenvalue weighted by molar-refractivity contribution is -0.115. The highest BCUT2D eigenvalue weighted by molar-refractivity contribution is 7.92. The van der Waals surface area contributed by atoms with Crippen molar-refractivity contribution in [3.63, 3.8) is 0 Å². The van der Waals surface area contributed by atoms with Crippen molar-refractivity contribution in [2.75, 3.05) is 10.0 Å². The molecule has 3 rings (SSSR count). The monoisotopic (exact) mass is 442 g/mol. The van der Waals surface area contributed by atoms with E-state index in [1.807, 2.05) is 39.0 Å². The summed E-state index contributed by atoms with van der Waals surface area (Å²) in [6, 6.07) is 17.0. The standard InChI is InChI=1S/C23H23ClN2O3S/c1-15-4-5-16(2)18(12-15)13-23(27)25-19-8-10-21(11-9-19)30(28,29)26-20-7-6-17(3)22(24)14-20/h4-12,14,26H,13H2,1-3H3,(H,25,27). The smallest absolute Gasteiger partial charge is 0.261 e. The molecule has 0 aliphatic heterocycles. The fraction of sp³-hybridized carbons (Fsp3) is 0.174. The lowest BCUT2D eigenvalue weighted by Gasteiger charge is -2.11. The zero-order valence-electron chi connectivity index (χ0n) is 17.0. The summed E-state index contributed by atoms with van der Waals surface area (Å²) in [5.41, 5.74) is 4.90. The van der Waals surface area contributed by atoms with E-state index < -0.39 is 10.0 Å². The highest BCUT2D eigenvalue weighted by Gasteiger charge is 2.15. The van der Waals surface area contributed by atoms with Crippen LogP contribution in [0.2, 0.25) is 5.02 Å². The molecule has 0 atom stereocenters. The molecular formula is C23H23ClN2O3S. The normalized spacial score (nSPS) is 11.2. The summed E-state index contributed by atoms with van der Waals surface area (Å²) in [6.07, 6.45) is 0.253. The molecule has 5 nitrogen and oxygen atoms in total. The van der Waals surface area contributed by atoms with E-state index in [2.05, 4.69) is 10.0 Å². The van der Waals surface area contributed by atoms with Crippen LogP contribution < -0.4 is 10.0 Å². The van der Waals surface area contributed by atoms with Gasteiger partial charge >= 0.3 is 0 Å². The van der Waals surface area contributed by atoms with Gasteiger partial charge in [-0.05, 0) is 73.9 Å². The van der Waals surface area contributed by atoms with Gasteiger partial charge in [0, 0.05) is 10.7 Å². The van der Waals surface area contributed by atoms with Gasteiger partial charge in [0.1, 0.15) is 0 Å². The van der Waals surface area contributed by atoms with Crippen molar-refractivity contribution >= 4 is 38.9 Å². The Bertz CT molecular complexity index is 1190. The third-order valence-corrected chi connectivity index (χ3v) is 6.53. The Morgan fingerprint density at radius 3 is 2.17 bits per heavy atom. The van der Waals surface area contributed by atoms with Gasteiger partial charge in [-0.15, -0.1) is 0 Å². The fourth-order valence-electron chi connectivity index (χ4n) is 2.96. The summed E-state index contributed by atoms with van der Waals surface area (Å²) >= 11 is 6.06. The molecule has 0 aromatic heterocycles. The second-order valence-corrected chi connectivity index (χ2v) is 9.34. The molecule has 156 valence electrons. The van der Waals surface area contributed by atoms with Crippen LogP contribution in [0.5, 0.6) is 0 Å². The van der Waals surface area contributed by atoms with E-state index in [4.69, 9.17) is 11.6 Å². The second kappa shape index (κ2) is 8.90. The van der Waals surface area contributed by atoms with Crippen molar-refractivity contribution in [3.8, 4) is 0 Å².